The average molecular weight is 145 g/mol. The highest BCUT2D eigenvalue weighted by Crippen LogP contribution is 2.19. The number of ether oxygens (including phenoxy) is 1. The minimum absolute atomic E-state index is 0.0926. The average Bonchev–Trinajstić information content (AvgIpc) is 2.05. The molecule has 0 spiro atoms. The molecule has 1 aliphatic rings. The van der Waals surface area contributed by atoms with Crippen LogP contribution in [-0.4, -0.2) is 29.6 Å². The van der Waals surface area contributed by atoms with Crippen molar-refractivity contribution >= 4 is 0 Å². The summed E-state index contributed by atoms with van der Waals surface area (Å²) in [6.45, 7) is 6.02. The number of nitrogens with one attached hydrogen (secondary N) is 1. The molecular weight excluding hydrogens is 130 g/mol. The molecule has 2 atom stereocenters. The van der Waals surface area contributed by atoms with Crippen molar-refractivity contribution in [3.8, 4) is 0 Å². The van der Waals surface area contributed by atoms with Crippen LogP contribution in [0, 0.1) is 0 Å². The van der Waals surface area contributed by atoms with Crippen LogP contribution in [0.15, 0.2) is 0 Å². The molecule has 10 heavy (non-hydrogen) atoms. The van der Waals surface area contributed by atoms with E-state index in [9.17, 15) is 0 Å². The van der Waals surface area contributed by atoms with Crippen LogP contribution in [0.3, 0.4) is 0 Å². The number of rotatable bonds is 1. The van der Waals surface area contributed by atoms with Gasteiger partial charge in [0, 0.05) is 0 Å². The standard InChI is InChI=1S/C7H15NO2/c1-5-6(4-9)8-7(2,3)10-5/h5-6,8-9H,4H2,1-3H3/t5-,6?/m1/s1. The second-order valence-corrected chi connectivity index (χ2v) is 3.27. The molecule has 0 radical (unpaired) electrons. The van der Waals surface area contributed by atoms with Gasteiger partial charge < -0.3 is 9.84 Å². The second kappa shape index (κ2) is 2.49. The van der Waals surface area contributed by atoms with Crippen molar-refractivity contribution < 1.29 is 9.84 Å². The third-order valence-corrected chi connectivity index (χ3v) is 1.78. The molecule has 1 rings (SSSR count). The fraction of sp³-hybridized carbons (Fsp3) is 1.00. The molecule has 3 heteroatoms. The molecule has 0 aromatic heterocycles. The predicted octanol–water partition coefficient (Wildman–Crippen LogP) is 0.0917. The monoisotopic (exact) mass is 145 g/mol. The summed E-state index contributed by atoms with van der Waals surface area (Å²) in [7, 11) is 0. The maximum absolute atomic E-state index is 8.83. The predicted molar refractivity (Wildman–Crippen MR) is 38.6 cm³/mol. The Labute approximate surface area is 61.4 Å². The first-order chi connectivity index (χ1) is 4.55. The van der Waals surface area contributed by atoms with Crippen molar-refractivity contribution in [1.29, 1.82) is 0 Å². The fourth-order valence-corrected chi connectivity index (χ4v) is 1.34. The summed E-state index contributed by atoms with van der Waals surface area (Å²) in [5, 5.41) is 12.0. The van der Waals surface area contributed by atoms with Crippen LogP contribution in [0.1, 0.15) is 20.8 Å². The van der Waals surface area contributed by atoms with Crippen molar-refractivity contribution in [3.63, 3.8) is 0 Å². The first-order valence-corrected chi connectivity index (χ1v) is 3.61. The molecule has 1 aliphatic heterocycles. The lowest BCUT2D eigenvalue weighted by Crippen LogP contribution is -2.40. The van der Waals surface area contributed by atoms with E-state index >= 15 is 0 Å². The highest BCUT2D eigenvalue weighted by atomic mass is 16.5. The number of hydrogen-bond acceptors (Lipinski definition) is 3. The van der Waals surface area contributed by atoms with E-state index in [2.05, 4.69) is 5.32 Å². The zero-order valence-electron chi connectivity index (χ0n) is 6.72. The molecule has 1 heterocycles. The van der Waals surface area contributed by atoms with E-state index in [1.807, 2.05) is 20.8 Å². The lowest BCUT2D eigenvalue weighted by atomic mass is 10.2. The Bertz CT molecular complexity index is 125. The van der Waals surface area contributed by atoms with Gasteiger partial charge in [-0.25, -0.2) is 0 Å². The number of aliphatic hydroxyl groups is 1. The van der Waals surface area contributed by atoms with Crippen molar-refractivity contribution in [2.24, 2.45) is 0 Å². The quantitative estimate of drug-likeness (QED) is 0.549. The molecule has 0 saturated carbocycles. The minimum atomic E-state index is -0.271. The Hall–Kier alpha value is -0.120. The Balaban J connectivity index is 2.52. The third-order valence-electron chi connectivity index (χ3n) is 1.78. The number of aliphatic hydroxyl groups excluding tert-OH is 1. The minimum Gasteiger partial charge on any atom is -0.395 e. The Morgan fingerprint density at radius 1 is 1.60 bits per heavy atom. The lowest BCUT2D eigenvalue weighted by molar-refractivity contribution is -0.0180. The van der Waals surface area contributed by atoms with Gasteiger partial charge in [0.25, 0.3) is 0 Å². The molecule has 60 valence electrons. The Morgan fingerprint density at radius 3 is 2.40 bits per heavy atom. The van der Waals surface area contributed by atoms with Crippen LogP contribution >= 0.6 is 0 Å². The summed E-state index contributed by atoms with van der Waals surface area (Å²) in [4.78, 5) is 0. The fourth-order valence-electron chi connectivity index (χ4n) is 1.34. The highest BCUT2D eigenvalue weighted by Gasteiger charge is 2.35. The SMILES string of the molecule is C[C@H]1OC(C)(C)NC1CO. The third kappa shape index (κ3) is 1.48. The van der Waals surface area contributed by atoms with Gasteiger partial charge in [-0.2, -0.15) is 0 Å². The first-order valence-electron chi connectivity index (χ1n) is 3.61. The van der Waals surface area contributed by atoms with E-state index in [1.54, 1.807) is 0 Å². The molecule has 1 fully saturated rings. The van der Waals surface area contributed by atoms with E-state index in [0.717, 1.165) is 0 Å². The van der Waals surface area contributed by atoms with Crippen LogP contribution in [0.5, 0.6) is 0 Å². The van der Waals surface area contributed by atoms with Crippen molar-refractivity contribution in [1.82, 2.24) is 5.32 Å². The van der Waals surface area contributed by atoms with Crippen LogP contribution < -0.4 is 5.32 Å². The van der Waals surface area contributed by atoms with E-state index in [4.69, 9.17) is 9.84 Å². The maximum atomic E-state index is 8.83. The zero-order valence-corrected chi connectivity index (χ0v) is 6.72. The van der Waals surface area contributed by atoms with E-state index in [1.165, 1.54) is 0 Å². The van der Waals surface area contributed by atoms with Gasteiger partial charge in [-0.15, -0.1) is 0 Å². The molecule has 2 N–H and O–H groups in total. The first kappa shape index (κ1) is 7.98. The van der Waals surface area contributed by atoms with Crippen LogP contribution in [0.25, 0.3) is 0 Å². The maximum Gasteiger partial charge on any atom is 0.114 e. The topological polar surface area (TPSA) is 41.5 Å². The Morgan fingerprint density at radius 2 is 2.20 bits per heavy atom. The van der Waals surface area contributed by atoms with E-state index in [0.29, 0.717) is 0 Å². The van der Waals surface area contributed by atoms with Crippen molar-refractivity contribution in [2.45, 2.75) is 38.6 Å². The number of hydrogen-bond donors (Lipinski definition) is 2. The molecule has 0 aromatic carbocycles. The summed E-state index contributed by atoms with van der Waals surface area (Å²) >= 11 is 0. The molecule has 0 aliphatic carbocycles. The summed E-state index contributed by atoms with van der Waals surface area (Å²) in [5.41, 5.74) is -0.271. The molecule has 0 amide bonds. The van der Waals surface area contributed by atoms with Gasteiger partial charge in [-0.05, 0) is 20.8 Å². The van der Waals surface area contributed by atoms with Gasteiger partial charge >= 0.3 is 0 Å². The summed E-state index contributed by atoms with van der Waals surface area (Å²) < 4.78 is 5.48. The van der Waals surface area contributed by atoms with Gasteiger partial charge in [0.1, 0.15) is 5.72 Å². The van der Waals surface area contributed by atoms with Gasteiger partial charge in [-0.3, -0.25) is 5.32 Å². The van der Waals surface area contributed by atoms with E-state index in [-0.39, 0.29) is 24.5 Å². The summed E-state index contributed by atoms with van der Waals surface area (Å²) in [6, 6.07) is 0.0926. The van der Waals surface area contributed by atoms with Gasteiger partial charge in [0.05, 0.1) is 18.8 Å². The van der Waals surface area contributed by atoms with Crippen LogP contribution in [0.4, 0.5) is 0 Å². The van der Waals surface area contributed by atoms with Crippen molar-refractivity contribution in [2.75, 3.05) is 6.61 Å². The second-order valence-electron chi connectivity index (χ2n) is 3.27. The van der Waals surface area contributed by atoms with Gasteiger partial charge in [0.2, 0.25) is 0 Å². The van der Waals surface area contributed by atoms with Crippen LogP contribution in [-0.2, 0) is 4.74 Å². The summed E-state index contributed by atoms with van der Waals surface area (Å²) in [5.74, 6) is 0. The normalized spacial score (nSPS) is 38.4. The molecule has 1 saturated heterocycles. The lowest BCUT2D eigenvalue weighted by Gasteiger charge is -2.17. The molecule has 0 aromatic rings. The van der Waals surface area contributed by atoms with Gasteiger partial charge in [0.15, 0.2) is 0 Å². The largest absolute Gasteiger partial charge is 0.395 e. The van der Waals surface area contributed by atoms with Gasteiger partial charge in [-0.1, -0.05) is 0 Å². The highest BCUT2D eigenvalue weighted by molar-refractivity contribution is 4.86. The smallest absolute Gasteiger partial charge is 0.114 e. The molecular formula is C7H15NO2. The molecule has 0 bridgehead atoms. The zero-order chi connectivity index (χ0) is 7.78. The van der Waals surface area contributed by atoms with Crippen molar-refractivity contribution in [3.05, 3.63) is 0 Å². The summed E-state index contributed by atoms with van der Waals surface area (Å²) in [6.07, 6.45) is 0.111. The van der Waals surface area contributed by atoms with E-state index < -0.39 is 0 Å². The Kier molecular flexibility index (Phi) is 1.99. The molecule has 1 unspecified atom stereocenters. The molecule has 3 nitrogen and oxygen atoms in total. The van der Waals surface area contributed by atoms with Crippen LogP contribution in [0.2, 0.25) is 0 Å².